The molecule has 2 aromatic rings. The molecule has 0 radical (unpaired) electrons. The van der Waals surface area contributed by atoms with E-state index in [1.807, 2.05) is 31.2 Å². The summed E-state index contributed by atoms with van der Waals surface area (Å²) in [5, 5.41) is 0. The number of ether oxygens (including phenoxy) is 3. The Kier molecular flexibility index (Phi) is 5.39. The largest absolute Gasteiger partial charge is 0.495 e. The van der Waals surface area contributed by atoms with Crippen LogP contribution in [0.15, 0.2) is 30.3 Å². The molecule has 7 heteroatoms. The minimum Gasteiger partial charge on any atom is -0.495 e. The first-order valence-electron chi connectivity index (χ1n) is 9.96. The van der Waals surface area contributed by atoms with Gasteiger partial charge in [-0.2, -0.15) is 0 Å². The summed E-state index contributed by atoms with van der Waals surface area (Å²) in [5.41, 5.74) is 3.74. The Bertz CT molecular complexity index is 1000. The minimum atomic E-state index is -0.482. The Labute approximate surface area is 176 Å². The fourth-order valence-electron chi connectivity index (χ4n) is 4.30. The summed E-state index contributed by atoms with van der Waals surface area (Å²) in [5.74, 6) is 1.48. The molecular weight excluding hydrogens is 384 g/mol. The molecule has 30 heavy (non-hydrogen) atoms. The van der Waals surface area contributed by atoms with Crippen molar-refractivity contribution in [3.63, 3.8) is 0 Å². The lowest BCUT2D eigenvalue weighted by Crippen LogP contribution is -2.44. The van der Waals surface area contributed by atoms with Crippen molar-refractivity contribution in [2.75, 3.05) is 32.8 Å². The van der Waals surface area contributed by atoms with Gasteiger partial charge >= 0.3 is 0 Å². The molecule has 0 N–H and O–H groups in total. The molecule has 0 spiro atoms. The second-order valence-corrected chi connectivity index (χ2v) is 7.66. The van der Waals surface area contributed by atoms with Gasteiger partial charge in [-0.1, -0.05) is 6.07 Å². The number of imide groups is 1. The molecule has 0 bridgehead atoms. The lowest BCUT2D eigenvalue weighted by Gasteiger charge is -2.32. The van der Waals surface area contributed by atoms with Crippen LogP contribution < -0.4 is 19.1 Å². The topological polar surface area (TPSA) is 68.3 Å². The zero-order valence-corrected chi connectivity index (χ0v) is 17.7. The number of methoxy groups -OCH3 is 3. The van der Waals surface area contributed by atoms with Gasteiger partial charge in [0.05, 0.1) is 39.5 Å². The predicted molar refractivity (Wildman–Crippen MR) is 112 cm³/mol. The zero-order chi connectivity index (χ0) is 21.4. The summed E-state index contributed by atoms with van der Waals surface area (Å²) >= 11 is 0. The highest BCUT2D eigenvalue weighted by atomic mass is 16.5. The van der Waals surface area contributed by atoms with Crippen molar-refractivity contribution in [2.45, 2.75) is 32.4 Å². The number of rotatable bonds is 5. The number of anilines is 1. The monoisotopic (exact) mass is 410 g/mol. The average molecular weight is 410 g/mol. The standard InChI is InChI=1S/C23H26N2O5/c1-14-5-6-19(28-2)17(9-14)25-22(26)12-18(23(25)27)24-8-7-15-10-20(29-3)21(30-4)11-16(15)13-24/h5-6,9-11,18H,7-8,12-13H2,1-4H3/t18-/m0/s1. The molecule has 0 aromatic heterocycles. The van der Waals surface area contributed by atoms with E-state index in [0.717, 1.165) is 17.5 Å². The summed E-state index contributed by atoms with van der Waals surface area (Å²) in [7, 11) is 4.77. The van der Waals surface area contributed by atoms with Gasteiger partial charge in [-0.3, -0.25) is 14.5 Å². The van der Waals surface area contributed by atoms with E-state index in [4.69, 9.17) is 14.2 Å². The summed E-state index contributed by atoms with van der Waals surface area (Å²) < 4.78 is 16.2. The molecule has 7 nitrogen and oxygen atoms in total. The molecule has 2 aliphatic heterocycles. The smallest absolute Gasteiger partial charge is 0.251 e. The molecular formula is C23H26N2O5. The molecule has 0 unspecified atom stereocenters. The summed E-state index contributed by atoms with van der Waals surface area (Å²) in [6.07, 6.45) is 0.944. The van der Waals surface area contributed by atoms with E-state index in [0.29, 0.717) is 36.0 Å². The Hall–Kier alpha value is -3.06. The maximum Gasteiger partial charge on any atom is 0.251 e. The van der Waals surface area contributed by atoms with Crippen LogP contribution in [-0.2, 0) is 22.6 Å². The average Bonchev–Trinajstić information content (AvgIpc) is 3.05. The molecule has 0 aliphatic carbocycles. The number of carbonyl (C=O) groups excluding carboxylic acids is 2. The van der Waals surface area contributed by atoms with E-state index < -0.39 is 6.04 Å². The Morgan fingerprint density at radius 2 is 1.57 bits per heavy atom. The van der Waals surface area contributed by atoms with Crippen molar-refractivity contribution >= 4 is 17.5 Å². The maximum absolute atomic E-state index is 13.3. The number of fused-ring (bicyclic) bond motifs is 1. The molecule has 2 heterocycles. The first-order chi connectivity index (χ1) is 14.5. The fourth-order valence-corrected chi connectivity index (χ4v) is 4.30. The van der Waals surface area contributed by atoms with Crippen molar-refractivity contribution in [3.8, 4) is 17.2 Å². The van der Waals surface area contributed by atoms with Crippen molar-refractivity contribution in [1.82, 2.24) is 4.90 Å². The van der Waals surface area contributed by atoms with Crippen molar-refractivity contribution in [3.05, 3.63) is 47.0 Å². The number of benzene rings is 2. The first-order valence-corrected chi connectivity index (χ1v) is 9.96. The van der Waals surface area contributed by atoms with Gasteiger partial charge < -0.3 is 14.2 Å². The SMILES string of the molecule is COc1cc2c(cc1OC)CN([C@H]1CC(=O)N(c3cc(C)ccc3OC)C1=O)CC2. The zero-order valence-electron chi connectivity index (χ0n) is 17.7. The molecule has 2 amide bonds. The maximum atomic E-state index is 13.3. The number of aryl methyl sites for hydroxylation is 1. The highest BCUT2D eigenvalue weighted by Gasteiger charge is 2.44. The van der Waals surface area contributed by atoms with Crippen molar-refractivity contribution in [2.24, 2.45) is 0 Å². The van der Waals surface area contributed by atoms with Gasteiger partial charge in [-0.05, 0) is 54.3 Å². The van der Waals surface area contributed by atoms with Crippen molar-refractivity contribution < 1.29 is 23.8 Å². The normalized spacial score (nSPS) is 19.1. The highest BCUT2D eigenvalue weighted by Crippen LogP contribution is 2.37. The van der Waals surface area contributed by atoms with Crippen molar-refractivity contribution in [1.29, 1.82) is 0 Å². The van der Waals surface area contributed by atoms with Crippen LogP contribution in [0.5, 0.6) is 17.2 Å². The molecule has 158 valence electrons. The molecule has 1 fully saturated rings. The Morgan fingerprint density at radius 3 is 2.23 bits per heavy atom. The first kappa shape index (κ1) is 20.2. The van der Waals surface area contributed by atoms with Crippen LogP contribution in [0.25, 0.3) is 0 Å². The van der Waals surface area contributed by atoms with E-state index >= 15 is 0 Å². The van der Waals surface area contributed by atoms with Crippen LogP contribution in [0.4, 0.5) is 5.69 Å². The van der Waals surface area contributed by atoms with Gasteiger partial charge in [-0.25, -0.2) is 4.90 Å². The third-order valence-corrected chi connectivity index (χ3v) is 5.89. The molecule has 0 saturated carbocycles. The summed E-state index contributed by atoms with van der Waals surface area (Å²) in [6.45, 7) is 3.21. The number of carbonyl (C=O) groups is 2. The quantitative estimate of drug-likeness (QED) is 0.706. The predicted octanol–water partition coefficient (Wildman–Crippen LogP) is 2.71. The number of hydrogen-bond acceptors (Lipinski definition) is 6. The fraction of sp³-hybridized carbons (Fsp3) is 0.391. The molecule has 2 aromatic carbocycles. The van der Waals surface area contributed by atoms with Crippen LogP contribution in [0.2, 0.25) is 0 Å². The third kappa shape index (κ3) is 3.39. The lowest BCUT2D eigenvalue weighted by molar-refractivity contribution is -0.123. The second-order valence-electron chi connectivity index (χ2n) is 7.66. The number of amides is 2. The van der Waals surface area contributed by atoms with Crippen LogP contribution in [0.1, 0.15) is 23.1 Å². The van der Waals surface area contributed by atoms with Gasteiger partial charge in [0.15, 0.2) is 11.5 Å². The van der Waals surface area contributed by atoms with Crippen LogP contribution in [-0.4, -0.2) is 50.6 Å². The van der Waals surface area contributed by atoms with Gasteiger partial charge in [0.25, 0.3) is 5.91 Å². The van der Waals surface area contributed by atoms with E-state index in [2.05, 4.69) is 4.90 Å². The van der Waals surface area contributed by atoms with Gasteiger partial charge in [0.2, 0.25) is 5.91 Å². The van der Waals surface area contributed by atoms with E-state index in [-0.39, 0.29) is 18.2 Å². The van der Waals surface area contributed by atoms with E-state index in [9.17, 15) is 9.59 Å². The van der Waals surface area contributed by atoms with Gasteiger partial charge in [0.1, 0.15) is 5.75 Å². The summed E-state index contributed by atoms with van der Waals surface area (Å²) in [4.78, 5) is 29.5. The number of hydrogen-bond donors (Lipinski definition) is 0. The van der Waals surface area contributed by atoms with Gasteiger partial charge in [0, 0.05) is 13.1 Å². The van der Waals surface area contributed by atoms with Gasteiger partial charge in [-0.15, -0.1) is 0 Å². The molecule has 1 atom stereocenters. The van der Waals surface area contributed by atoms with Crippen LogP contribution >= 0.6 is 0 Å². The van der Waals surface area contributed by atoms with Crippen LogP contribution in [0, 0.1) is 6.92 Å². The molecule has 1 saturated heterocycles. The highest BCUT2D eigenvalue weighted by molar-refractivity contribution is 6.23. The second kappa shape index (κ2) is 7.99. The molecule has 2 aliphatic rings. The van der Waals surface area contributed by atoms with E-state index in [1.165, 1.54) is 10.5 Å². The Morgan fingerprint density at radius 1 is 0.900 bits per heavy atom. The lowest BCUT2D eigenvalue weighted by atomic mass is 9.97. The third-order valence-electron chi connectivity index (χ3n) is 5.89. The molecule has 4 rings (SSSR count). The number of nitrogens with zero attached hydrogens (tertiary/aromatic N) is 2. The Balaban J connectivity index is 1.60. The van der Waals surface area contributed by atoms with E-state index in [1.54, 1.807) is 27.4 Å². The summed E-state index contributed by atoms with van der Waals surface area (Å²) in [6, 6.07) is 8.98. The minimum absolute atomic E-state index is 0.165. The van der Waals surface area contributed by atoms with Crippen LogP contribution in [0.3, 0.4) is 0 Å².